The molecular weight excluding hydrogens is 318 g/mol. The summed E-state index contributed by atoms with van der Waals surface area (Å²) in [6.45, 7) is 0. The zero-order valence-corrected chi connectivity index (χ0v) is 13.7. The first-order valence-electron chi connectivity index (χ1n) is 8.04. The van der Waals surface area contributed by atoms with Crippen LogP contribution in [0.1, 0.15) is 33.9 Å². The van der Waals surface area contributed by atoms with Gasteiger partial charge < -0.3 is 10.1 Å². The van der Waals surface area contributed by atoms with Crippen LogP contribution in [0.2, 0.25) is 0 Å². The van der Waals surface area contributed by atoms with Gasteiger partial charge in [0.15, 0.2) is 5.82 Å². The maximum atomic E-state index is 12.7. The maximum absolute atomic E-state index is 12.7. The van der Waals surface area contributed by atoms with Gasteiger partial charge in [0, 0.05) is 11.8 Å². The van der Waals surface area contributed by atoms with Gasteiger partial charge in [-0.3, -0.25) is 4.79 Å². The number of hydrogen-bond acceptors (Lipinski definition) is 5. The van der Waals surface area contributed by atoms with Crippen LogP contribution >= 0.6 is 0 Å². The fourth-order valence-electron chi connectivity index (χ4n) is 3.21. The molecule has 1 N–H and O–H groups in total. The Morgan fingerprint density at radius 2 is 2.28 bits per heavy atom. The number of amides is 1. The first kappa shape index (κ1) is 15.3. The van der Waals surface area contributed by atoms with E-state index in [-0.39, 0.29) is 11.9 Å². The molecule has 0 fully saturated rings. The molecule has 1 aromatic carbocycles. The molecule has 4 rings (SSSR count). The molecule has 1 aliphatic rings. The highest BCUT2D eigenvalue weighted by Gasteiger charge is 2.26. The lowest BCUT2D eigenvalue weighted by atomic mass is 10.1. The Balaban J connectivity index is 1.56. The molecule has 0 saturated carbocycles. The molecule has 1 unspecified atom stereocenters. The van der Waals surface area contributed by atoms with Gasteiger partial charge >= 0.3 is 0 Å². The average Bonchev–Trinajstić information content (AvgIpc) is 3.32. The molecule has 0 aliphatic heterocycles. The number of carbonyl (C=O) groups is 1. The number of benzene rings is 1. The van der Waals surface area contributed by atoms with Gasteiger partial charge in [-0.05, 0) is 42.2 Å². The largest absolute Gasteiger partial charge is 0.496 e. The second-order valence-corrected chi connectivity index (χ2v) is 5.84. The first-order chi connectivity index (χ1) is 12.3. The number of aromatic nitrogens is 4. The van der Waals surface area contributed by atoms with Gasteiger partial charge in [0.05, 0.1) is 13.2 Å². The lowest BCUT2D eigenvalue weighted by Crippen LogP contribution is -2.27. The minimum Gasteiger partial charge on any atom is -0.496 e. The van der Waals surface area contributed by atoms with Crippen LogP contribution in [-0.4, -0.2) is 32.8 Å². The Morgan fingerprint density at radius 1 is 1.36 bits per heavy atom. The van der Waals surface area contributed by atoms with Gasteiger partial charge in [-0.1, -0.05) is 12.1 Å². The van der Waals surface area contributed by atoms with Crippen LogP contribution in [0.25, 0.3) is 5.82 Å². The van der Waals surface area contributed by atoms with E-state index in [1.807, 2.05) is 18.2 Å². The summed E-state index contributed by atoms with van der Waals surface area (Å²) in [5, 5.41) is 7.14. The Labute approximate surface area is 144 Å². The van der Waals surface area contributed by atoms with Crippen molar-refractivity contribution in [1.29, 1.82) is 0 Å². The van der Waals surface area contributed by atoms with Crippen LogP contribution in [0.15, 0.2) is 49.2 Å². The van der Waals surface area contributed by atoms with Gasteiger partial charge in [0.25, 0.3) is 5.91 Å². The van der Waals surface area contributed by atoms with E-state index < -0.39 is 0 Å². The van der Waals surface area contributed by atoms with E-state index in [9.17, 15) is 4.79 Å². The van der Waals surface area contributed by atoms with E-state index in [0.717, 1.165) is 24.2 Å². The Bertz CT molecular complexity index is 908. The van der Waals surface area contributed by atoms with E-state index in [4.69, 9.17) is 4.74 Å². The molecule has 1 atom stereocenters. The maximum Gasteiger partial charge on any atom is 0.251 e. The third kappa shape index (κ3) is 2.84. The van der Waals surface area contributed by atoms with E-state index in [2.05, 4.69) is 20.4 Å². The van der Waals surface area contributed by atoms with E-state index in [0.29, 0.717) is 11.4 Å². The van der Waals surface area contributed by atoms with Crippen molar-refractivity contribution < 1.29 is 9.53 Å². The molecule has 25 heavy (non-hydrogen) atoms. The molecule has 0 radical (unpaired) electrons. The quantitative estimate of drug-likeness (QED) is 0.789. The average molecular weight is 335 g/mol. The molecule has 126 valence electrons. The molecule has 2 aromatic heterocycles. The standard InChI is InChI=1S/C18H17N5O2/c1-25-16-4-2-3-13-14(16)5-6-15(13)22-18(24)12-7-8-20-17(9-12)23-11-19-10-21-23/h2-4,7-11,15H,5-6H2,1H3,(H,22,24). The molecule has 0 saturated heterocycles. The van der Waals surface area contributed by atoms with Gasteiger partial charge in [-0.15, -0.1) is 0 Å². The molecule has 0 spiro atoms. The normalized spacial score (nSPS) is 15.6. The van der Waals surface area contributed by atoms with Gasteiger partial charge in [0.1, 0.15) is 18.4 Å². The van der Waals surface area contributed by atoms with Crippen LogP contribution in [0.5, 0.6) is 5.75 Å². The number of methoxy groups -OCH3 is 1. The highest BCUT2D eigenvalue weighted by atomic mass is 16.5. The lowest BCUT2D eigenvalue weighted by Gasteiger charge is -2.15. The second-order valence-electron chi connectivity index (χ2n) is 5.84. The number of rotatable bonds is 4. The predicted molar refractivity (Wildman–Crippen MR) is 90.7 cm³/mol. The van der Waals surface area contributed by atoms with Crippen molar-refractivity contribution in [3.05, 3.63) is 65.9 Å². The summed E-state index contributed by atoms with van der Waals surface area (Å²) >= 11 is 0. The monoisotopic (exact) mass is 335 g/mol. The number of nitrogens with one attached hydrogen (secondary N) is 1. The zero-order chi connectivity index (χ0) is 17.2. The van der Waals surface area contributed by atoms with E-state index in [1.165, 1.54) is 16.6 Å². The molecule has 2 heterocycles. The van der Waals surface area contributed by atoms with Crippen LogP contribution < -0.4 is 10.1 Å². The van der Waals surface area contributed by atoms with Crippen LogP contribution in [0.4, 0.5) is 0 Å². The number of hydrogen-bond donors (Lipinski definition) is 1. The molecule has 1 aliphatic carbocycles. The lowest BCUT2D eigenvalue weighted by molar-refractivity contribution is 0.0936. The summed E-state index contributed by atoms with van der Waals surface area (Å²) in [5.41, 5.74) is 2.84. The summed E-state index contributed by atoms with van der Waals surface area (Å²) in [6.07, 6.45) is 6.33. The van der Waals surface area contributed by atoms with E-state index >= 15 is 0 Å². The highest BCUT2D eigenvalue weighted by molar-refractivity contribution is 5.94. The van der Waals surface area contributed by atoms with Crippen molar-refractivity contribution in [2.45, 2.75) is 18.9 Å². The predicted octanol–water partition coefficient (Wildman–Crippen LogP) is 2.09. The van der Waals surface area contributed by atoms with Crippen LogP contribution in [0, 0.1) is 0 Å². The molecule has 7 nitrogen and oxygen atoms in total. The summed E-state index contributed by atoms with van der Waals surface area (Å²) in [6, 6.07) is 9.33. The molecule has 0 bridgehead atoms. The summed E-state index contributed by atoms with van der Waals surface area (Å²) in [7, 11) is 1.67. The Morgan fingerprint density at radius 3 is 3.08 bits per heavy atom. The Kier molecular flexibility index (Phi) is 3.89. The van der Waals surface area contributed by atoms with Crippen molar-refractivity contribution >= 4 is 5.91 Å². The molecule has 7 heteroatoms. The molecule has 1 amide bonds. The smallest absolute Gasteiger partial charge is 0.251 e. The highest BCUT2D eigenvalue weighted by Crippen LogP contribution is 2.36. The van der Waals surface area contributed by atoms with Crippen molar-refractivity contribution in [2.24, 2.45) is 0 Å². The minimum absolute atomic E-state index is 0.0133. The third-order valence-corrected chi connectivity index (χ3v) is 4.41. The molecular formula is C18H17N5O2. The van der Waals surface area contributed by atoms with Crippen molar-refractivity contribution in [3.8, 4) is 11.6 Å². The van der Waals surface area contributed by atoms with Gasteiger partial charge in [0.2, 0.25) is 0 Å². The zero-order valence-electron chi connectivity index (χ0n) is 13.7. The minimum atomic E-state index is -0.135. The van der Waals surface area contributed by atoms with Crippen LogP contribution in [0.3, 0.4) is 0 Å². The Hall–Kier alpha value is -3.22. The second kappa shape index (κ2) is 6.35. The topological polar surface area (TPSA) is 81.9 Å². The third-order valence-electron chi connectivity index (χ3n) is 4.41. The van der Waals surface area contributed by atoms with Crippen molar-refractivity contribution in [1.82, 2.24) is 25.1 Å². The fraction of sp³-hybridized carbons (Fsp3) is 0.222. The van der Waals surface area contributed by atoms with Gasteiger partial charge in [-0.2, -0.15) is 5.10 Å². The fourth-order valence-corrected chi connectivity index (χ4v) is 3.21. The number of pyridine rings is 1. The van der Waals surface area contributed by atoms with E-state index in [1.54, 1.807) is 31.8 Å². The first-order valence-corrected chi connectivity index (χ1v) is 8.04. The number of fused-ring (bicyclic) bond motifs is 1. The summed E-state index contributed by atoms with van der Waals surface area (Å²) < 4.78 is 6.94. The SMILES string of the molecule is COc1cccc2c1CCC2NC(=O)c1ccnc(-n2cncn2)c1. The van der Waals surface area contributed by atoms with Crippen molar-refractivity contribution in [2.75, 3.05) is 7.11 Å². The number of ether oxygens (including phenoxy) is 1. The summed E-state index contributed by atoms with van der Waals surface area (Å²) in [4.78, 5) is 20.8. The number of carbonyl (C=O) groups excluding carboxylic acids is 1. The van der Waals surface area contributed by atoms with Crippen LogP contribution in [-0.2, 0) is 6.42 Å². The molecule has 3 aromatic rings. The van der Waals surface area contributed by atoms with Crippen molar-refractivity contribution in [3.63, 3.8) is 0 Å². The van der Waals surface area contributed by atoms with Gasteiger partial charge in [-0.25, -0.2) is 14.6 Å². The number of nitrogens with zero attached hydrogens (tertiary/aromatic N) is 4. The summed E-state index contributed by atoms with van der Waals surface area (Å²) in [5.74, 6) is 1.30.